The van der Waals surface area contributed by atoms with Gasteiger partial charge in [0.15, 0.2) is 0 Å². The predicted octanol–water partition coefficient (Wildman–Crippen LogP) is 5.89. The van der Waals surface area contributed by atoms with E-state index in [0.29, 0.717) is 34.2 Å². The first-order chi connectivity index (χ1) is 14.7. The van der Waals surface area contributed by atoms with Crippen molar-refractivity contribution < 1.29 is 14.3 Å². The zero-order valence-corrected chi connectivity index (χ0v) is 17.5. The lowest BCUT2D eigenvalue weighted by Crippen LogP contribution is -2.13. The highest BCUT2D eigenvalue weighted by atomic mass is 32.1. The van der Waals surface area contributed by atoms with E-state index in [2.05, 4.69) is 10.6 Å². The number of hydrogen-bond acceptors (Lipinski definition) is 5. The first kappa shape index (κ1) is 19.9. The van der Waals surface area contributed by atoms with Gasteiger partial charge in [0.25, 0.3) is 11.8 Å². The molecule has 5 nitrogen and oxygen atoms in total. The summed E-state index contributed by atoms with van der Waals surface area (Å²) in [5.41, 5.74) is 1.69. The maximum absolute atomic E-state index is 12.7. The lowest BCUT2D eigenvalue weighted by atomic mass is 10.2. The Morgan fingerprint density at radius 3 is 2.23 bits per heavy atom. The summed E-state index contributed by atoms with van der Waals surface area (Å²) < 4.78 is 5.77. The molecule has 0 aliphatic heterocycles. The maximum Gasteiger partial charge on any atom is 0.265 e. The molecule has 0 saturated heterocycles. The summed E-state index contributed by atoms with van der Waals surface area (Å²) in [6, 6.07) is 21.7. The van der Waals surface area contributed by atoms with Gasteiger partial charge in [0, 0.05) is 21.8 Å². The molecule has 7 heteroatoms. The Hall–Kier alpha value is -3.42. The molecular weight excluding hydrogens is 416 g/mol. The van der Waals surface area contributed by atoms with Gasteiger partial charge >= 0.3 is 0 Å². The number of thiophene rings is 2. The third-order valence-corrected chi connectivity index (χ3v) is 5.90. The summed E-state index contributed by atoms with van der Waals surface area (Å²) >= 11 is 3.00. The highest BCUT2D eigenvalue weighted by molar-refractivity contribution is 7.12. The Labute approximate surface area is 182 Å². The number of rotatable bonds is 7. The van der Waals surface area contributed by atoms with E-state index in [1.807, 2.05) is 35.0 Å². The Bertz CT molecular complexity index is 1140. The number of ether oxygens (including phenoxy) is 1. The quantitative estimate of drug-likeness (QED) is 0.381. The van der Waals surface area contributed by atoms with Crippen LogP contribution in [0.15, 0.2) is 83.6 Å². The molecule has 0 bridgehead atoms. The van der Waals surface area contributed by atoms with Gasteiger partial charge in [-0.25, -0.2) is 0 Å². The van der Waals surface area contributed by atoms with Crippen LogP contribution in [0, 0.1) is 0 Å². The van der Waals surface area contributed by atoms with Gasteiger partial charge < -0.3 is 15.4 Å². The van der Waals surface area contributed by atoms with Crippen molar-refractivity contribution in [3.05, 3.63) is 98.9 Å². The van der Waals surface area contributed by atoms with Crippen molar-refractivity contribution in [2.24, 2.45) is 0 Å². The number of benzene rings is 2. The molecule has 0 fully saturated rings. The van der Waals surface area contributed by atoms with Crippen LogP contribution in [0.3, 0.4) is 0 Å². The van der Waals surface area contributed by atoms with Gasteiger partial charge in [0.2, 0.25) is 0 Å². The van der Waals surface area contributed by atoms with Crippen LogP contribution in [-0.2, 0) is 6.61 Å². The van der Waals surface area contributed by atoms with Crippen LogP contribution in [0.4, 0.5) is 11.4 Å². The van der Waals surface area contributed by atoms with Crippen molar-refractivity contribution >= 4 is 45.9 Å². The smallest absolute Gasteiger partial charge is 0.265 e. The van der Waals surface area contributed by atoms with E-state index in [0.717, 1.165) is 4.88 Å². The highest BCUT2D eigenvalue weighted by Crippen LogP contribution is 2.20. The molecule has 0 saturated carbocycles. The normalized spacial score (nSPS) is 10.4. The van der Waals surface area contributed by atoms with Crippen LogP contribution in [-0.4, -0.2) is 11.8 Å². The molecule has 0 atom stereocenters. The SMILES string of the molecule is O=C(Nc1cccc(NC(=O)c2cccs2)c1)c1cccc(OCc2cccs2)c1. The second-order valence-electron chi connectivity index (χ2n) is 6.36. The lowest BCUT2D eigenvalue weighted by Gasteiger charge is -2.10. The molecule has 2 aromatic heterocycles. The van der Waals surface area contributed by atoms with Gasteiger partial charge in [-0.2, -0.15) is 0 Å². The number of amides is 2. The van der Waals surface area contributed by atoms with E-state index in [4.69, 9.17) is 4.74 Å². The van der Waals surface area contributed by atoms with E-state index in [1.54, 1.807) is 59.9 Å². The summed E-state index contributed by atoms with van der Waals surface area (Å²) in [7, 11) is 0. The van der Waals surface area contributed by atoms with Crippen LogP contribution in [0.5, 0.6) is 5.75 Å². The minimum atomic E-state index is -0.252. The first-order valence-electron chi connectivity index (χ1n) is 9.19. The lowest BCUT2D eigenvalue weighted by molar-refractivity contribution is 0.102. The van der Waals surface area contributed by atoms with Gasteiger partial charge in [0.05, 0.1) is 4.88 Å². The first-order valence-corrected chi connectivity index (χ1v) is 10.9. The average Bonchev–Trinajstić information content (AvgIpc) is 3.47. The monoisotopic (exact) mass is 434 g/mol. The second kappa shape index (κ2) is 9.39. The third-order valence-electron chi connectivity index (χ3n) is 4.18. The van der Waals surface area contributed by atoms with E-state index >= 15 is 0 Å². The van der Waals surface area contributed by atoms with Gasteiger partial charge in [-0.15, -0.1) is 22.7 Å². The minimum Gasteiger partial charge on any atom is -0.488 e. The van der Waals surface area contributed by atoms with Gasteiger partial charge in [0.1, 0.15) is 12.4 Å². The van der Waals surface area contributed by atoms with Crippen molar-refractivity contribution in [2.75, 3.05) is 10.6 Å². The Kier molecular flexibility index (Phi) is 6.22. The van der Waals surface area contributed by atoms with E-state index < -0.39 is 0 Å². The van der Waals surface area contributed by atoms with Crippen LogP contribution >= 0.6 is 22.7 Å². The molecule has 4 aromatic rings. The molecule has 2 aromatic carbocycles. The van der Waals surface area contributed by atoms with E-state index in [-0.39, 0.29) is 11.8 Å². The standard InChI is InChI=1S/C23H18N2O3S2/c26-22(16-5-1-8-19(13-16)28-15-20-9-3-11-29-20)24-17-6-2-7-18(14-17)25-23(27)21-10-4-12-30-21/h1-14H,15H2,(H,24,26)(H,25,27). The van der Waals surface area contributed by atoms with E-state index in [1.165, 1.54) is 11.3 Å². The van der Waals surface area contributed by atoms with Crippen molar-refractivity contribution in [1.29, 1.82) is 0 Å². The van der Waals surface area contributed by atoms with Crippen molar-refractivity contribution in [3.63, 3.8) is 0 Å². The molecular formula is C23H18N2O3S2. The largest absolute Gasteiger partial charge is 0.488 e. The van der Waals surface area contributed by atoms with Crippen LogP contribution < -0.4 is 15.4 Å². The number of carbonyl (C=O) groups excluding carboxylic acids is 2. The van der Waals surface area contributed by atoms with Gasteiger partial charge in [-0.1, -0.05) is 24.3 Å². The average molecular weight is 435 g/mol. The number of nitrogens with one attached hydrogen (secondary N) is 2. The Balaban J connectivity index is 1.40. The van der Waals surface area contributed by atoms with E-state index in [9.17, 15) is 9.59 Å². The molecule has 0 spiro atoms. The van der Waals surface area contributed by atoms with Crippen molar-refractivity contribution in [1.82, 2.24) is 0 Å². The summed E-state index contributed by atoms with van der Waals surface area (Å²) in [4.78, 5) is 26.6. The van der Waals surface area contributed by atoms with Crippen molar-refractivity contribution in [2.45, 2.75) is 6.61 Å². The molecule has 0 radical (unpaired) electrons. The van der Waals surface area contributed by atoms with Crippen LogP contribution in [0.1, 0.15) is 24.9 Å². The maximum atomic E-state index is 12.7. The number of carbonyl (C=O) groups is 2. The fourth-order valence-corrected chi connectivity index (χ4v) is 3.99. The Morgan fingerprint density at radius 2 is 1.50 bits per heavy atom. The summed E-state index contributed by atoms with van der Waals surface area (Å²) in [5, 5.41) is 9.55. The third kappa shape index (κ3) is 5.14. The molecule has 4 rings (SSSR count). The molecule has 2 N–H and O–H groups in total. The van der Waals surface area contributed by atoms with Gasteiger partial charge in [-0.05, 0) is 59.3 Å². The molecule has 150 valence electrons. The molecule has 0 unspecified atom stereocenters. The van der Waals surface area contributed by atoms with Gasteiger partial charge in [-0.3, -0.25) is 9.59 Å². The molecule has 30 heavy (non-hydrogen) atoms. The van der Waals surface area contributed by atoms with Crippen LogP contribution in [0.25, 0.3) is 0 Å². The minimum absolute atomic E-state index is 0.177. The molecule has 2 heterocycles. The molecule has 2 amide bonds. The topological polar surface area (TPSA) is 67.4 Å². The predicted molar refractivity (Wildman–Crippen MR) is 122 cm³/mol. The number of anilines is 2. The summed E-state index contributed by atoms with van der Waals surface area (Å²) in [5.74, 6) is 0.204. The van der Waals surface area contributed by atoms with Crippen molar-refractivity contribution in [3.8, 4) is 5.75 Å². The summed E-state index contributed by atoms with van der Waals surface area (Å²) in [6.07, 6.45) is 0. The zero-order valence-electron chi connectivity index (χ0n) is 15.8. The Morgan fingerprint density at radius 1 is 0.767 bits per heavy atom. The highest BCUT2D eigenvalue weighted by Gasteiger charge is 2.10. The fraction of sp³-hybridized carbons (Fsp3) is 0.0435. The number of hydrogen-bond donors (Lipinski definition) is 2. The summed E-state index contributed by atoms with van der Waals surface area (Å²) in [6.45, 7) is 0.467. The van der Waals surface area contributed by atoms with Crippen LogP contribution in [0.2, 0.25) is 0 Å². The fourth-order valence-electron chi connectivity index (χ4n) is 2.75. The second-order valence-corrected chi connectivity index (χ2v) is 8.34. The zero-order chi connectivity index (χ0) is 20.8. The molecule has 0 aliphatic carbocycles. The molecule has 0 aliphatic rings.